The molecule has 1 fully saturated rings. The summed E-state index contributed by atoms with van der Waals surface area (Å²) in [6.45, 7) is 2.82. The fourth-order valence-electron chi connectivity index (χ4n) is 4.29. The lowest BCUT2D eigenvalue weighted by Crippen LogP contribution is -2.32. The minimum absolute atomic E-state index is 0.146. The number of piperidine rings is 1. The first-order valence-electron chi connectivity index (χ1n) is 12.0. The Morgan fingerprint density at radius 2 is 1.78 bits per heavy atom. The predicted molar refractivity (Wildman–Crippen MR) is 138 cm³/mol. The lowest BCUT2D eigenvalue weighted by molar-refractivity contribution is 0.157. The van der Waals surface area contributed by atoms with Crippen LogP contribution in [0.3, 0.4) is 0 Å². The van der Waals surface area contributed by atoms with E-state index in [4.69, 9.17) is 14.2 Å². The molecule has 1 aromatic heterocycles. The van der Waals surface area contributed by atoms with E-state index in [2.05, 4.69) is 27.2 Å². The molecule has 7 nitrogen and oxygen atoms in total. The monoisotopic (exact) mass is 488 g/mol. The molecule has 0 unspecified atom stereocenters. The Bertz CT molecular complexity index is 1330. The molecular formula is C28H29FN4O3. The minimum Gasteiger partial charge on any atom is -0.493 e. The van der Waals surface area contributed by atoms with Crippen LogP contribution in [-0.2, 0) is 0 Å². The van der Waals surface area contributed by atoms with Gasteiger partial charge in [0, 0.05) is 23.2 Å². The lowest BCUT2D eigenvalue weighted by atomic mass is 9.98. The molecule has 1 N–H and O–H groups in total. The summed E-state index contributed by atoms with van der Waals surface area (Å²) in [5.74, 6) is 2.55. The Balaban J connectivity index is 1.34. The largest absolute Gasteiger partial charge is 0.493 e. The van der Waals surface area contributed by atoms with E-state index >= 15 is 0 Å². The molecular weight excluding hydrogens is 459 g/mol. The van der Waals surface area contributed by atoms with Crippen molar-refractivity contribution >= 4 is 22.4 Å². The van der Waals surface area contributed by atoms with Gasteiger partial charge >= 0.3 is 0 Å². The van der Waals surface area contributed by atoms with Crippen molar-refractivity contribution in [1.82, 2.24) is 14.9 Å². The molecule has 0 amide bonds. The van der Waals surface area contributed by atoms with Gasteiger partial charge in [0.1, 0.15) is 17.9 Å². The van der Waals surface area contributed by atoms with Crippen molar-refractivity contribution < 1.29 is 18.6 Å². The van der Waals surface area contributed by atoms with E-state index in [-0.39, 0.29) is 5.75 Å². The summed E-state index contributed by atoms with van der Waals surface area (Å²) in [5, 5.41) is 3.93. The lowest BCUT2D eigenvalue weighted by Gasteiger charge is -2.28. The fraction of sp³-hybridized carbons (Fsp3) is 0.286. The number of aromatic nitrogens is 2. The quantitative estimate of drug-likeness (QED) is 0.325. The third kappa shape index (κ3) is 5.49. The number of para-hydroxylation sites is 1. The number of fused-ring (bicyclic) bond motifs is 1. The van der Waals surface area contributed by atoms with Crippen molar-refractivity contribution in [3.8, 4) is 23.0 Å². The Hall–Kier alpha value is -3.91. The van der Waals surface area contributed by atoms with Gasteiger partial charge in [-0.2, -0.15) is 0 Å². The van der Waals surface area contributed by atoms with Gasteiger partial charge in [-0.15, -0.1) is 0 Å². The Morgan fingerprint density at radius 3 is 2.53 bits per heavy atom. The second-order valence-corrected chi connectivity index (χ2v) is 8.99. The first-order valence-corrected chi connectivity index (χ1v) is 12.0. The summed E-state index contributed by atoms with van der Waals surface area (Å²) in [5.41, 5.74) is 1.24. The average Bonchev–Trinajstić information content (AvgIpc) is 2.90. The fourth-order valence-corrected chi connectivity index (χ4v) is 4.29. The van der Waals surface area contributed by atoms with Crippen LogP contribution in [0.4, 0.5) is 15.9 Å². The smallest absolute Gasteiger partial charge is 0.167 e. The molecule has 0 atom stereocenters. The van der Waals surface area contributed by atoms with Crippen LogP contribution in [0.1, 0.15) is 12.8 Å². The Kier molecular flexibility index (Phi) is 7.13. The van der Waals surface area contributed by atoms with Gasteiger partial charge in [-0.25, -0.2) is 14.4 Å². The highest BCUT2D eigenvalue weighted by Gasteiger charge is 2.19. The summed E-state index contributed by atoms with van der Waals surface area (Å²) in [6, 6.07) is 17.5. The highest BCUT2D eigenvalue weighted by atomic mass is 19.1. The summed E-state index contributed by atoms with van der Waals surface area (Å²) >= 11 is 0. The van der Waals surface area contributed by atoms with Crippen molar-refractivity contribution in [2.75, 3.05) is 39.2 Å². The molecule has 0 bridgehead atoms. The topological polar surface area (TPSA) is 68.7 Å². The molecule has 5 rings (SSSR count). The van der Waals surface area contributed by atoms with E-state index < -0.39 is 5.82 Å². The van der Waals surface area contributed by atoms with Crippen LogP contribution in [0.2, 0.25) is 0 Å². The molecule has 4 aromatic rings. The molecule has 2 heterocycles. The molecule has 8 heteroatoms. The molecule has 1 aliphatic heterocycles. The van der Waals surface area contributed by atoms with Crippen LogP contribution in [-0.4, -0.2) is 48.7 Å². The molecule has 0 aliphatic carbocycles. The molecule has 3 aromatic carbocycles. The van der Waals surface area contributed by atoms with Crippen molar-refractivity contribution in [1.29, 1.82) is 0 Å². The third-order valence-corrected chi connectivity index (χ3v) is 6.40. The molecule has 186 valence electrons. The summed E-state index contributed by atoms with van der Waals surface area (Å²) < 4.78 is 32.2. The van der Waals surface area contributed by atoms with Gasteiger partial charge in [-0.05, 0) is 69.2 Å². The van der Waals surface area contributed by atoms with E-state index in [1.807, 2.05) is 30.3 Å². The number of rotatable bonds is 8. The van der Waals surface area contributed by atoms with Crippen molar-refractivity contribution in [2.24, 2.45) is 5.92 Å². The molecule has 36 heavy (non-hydrogen) atoms. The zero-order chi connectivity index (χ0) is 24.9. The standard InChI is InChI=1S/C28H29FN4O3/c1-33-12-10-19(11-13-33)17-35-27-16-24-22(15-26(27)34-2)28(31-18-30-24)32-20-8-9-25(23(29)14-20)36-21-6-4-3-5-7-21/h3-9,14-16,18-19H,10-13,17H2,1-2H3,(H,30,31,32). The number of nitrogens with zero attached hydrogens (tertiary/aromatic N) is 3. The maximum atomic E-state index is 14.7. The summed E-state index contributed by atoms with van der Waals surface area (Å²) in [7, 11) is 3.76. The van der Waals surface area contributed by atoms with Gasteiger partial charge in [-0.1, -0.05) is 18.2 Å². The van der Waals surface area contributed by atoms with Gasteiger partial charge in [0.25, 0.3) is 0 Å². The number of benzene rings is 3. The highest BCUT2D eigenvalue weighted by molar-refractivity contribution is 5.93. The van der Waals surface area contributed by atoms with E-state index in [0.717, 1.165) is 31.3 Å². The number of ether oxygens (including phenoxy) is 3. The maximum absolute atomic E-state index is 14.7. The normalized spacial score (nSPS) is 14.5. The van der Waals surface area contributed by atoms with Crippen molar-refractivity contribution in [2.45, 2.75) is 12.8 Å². The van der Waals surface area contributed by atoms with Crippen LogP contribution < -0.4 is 19.5 Å². The Labute approximate surface area is 209 Å². The SMILES string of the molecule is COc1cc2c(Nc3ccc(Oc4ccccc4)c(F)c3)ncnc2cc1OCC1CCN(C)CC1. The van der Waals surface area contributed by atoms with Crippen LogP contribution in [0.5, 0.6) is 23.0 Å². The maximum Gasteiger partial charge on any atom is 0.167 e. The van der Waals surface area contributed by atoms with E-state index in [0.29, 0.717) is 46.8 Å². The second-order valence-electron chi connectivity index (χ2n) is 8.99. The van der Waals surface area contributed by atoms with Gasteiger partial charge in [-0.3, -0.25) is 0 Å². The number of anilines is 2. The minimum atomic E-state index is -0.482. The zero-order valence-electron chi connectivity index (χ0n) is 20.4. The number of hydrogen-bond donors (Lipinski definition) is 1. The number of halogens is 1. The van der Waals surface area contributed by atoms with Crippen LogP contribution >= 0.6 is 0 Å². The van der Waals surface area contributed by atoms with Crippen LogP contribution in [0.15, 0.2) is 67.0 Å². The van der Waals surface area contributed by atoms with Crippen LogP contribution in [0.25, 0.3) is 10.9 Å². The summed E-state index contributed by atoms with van der Waals surface area (Å²) in [4.78, 5) is 11.1. The molecule has 1 saturated heterocycles. The van der Waals surface area contributed by atoms with Gasteiger partial charge < -0.3 is 24.4 Å². The molecule has 1 aliphatic rings. The van der Waals surface area contributed by atoms with E-state index in [1.165, 1.54) is 12.4 Å². The first-order chi connectivity index (χ1) is 17.6. The van der Waals surface area contributed by atoms with Gasteiger partial charge in [0.2, 0.25) is 0 Å². The van der Waals surface area contributed by atoms with Crippen LogP contribution in [0, 0.1) is 11.7 Å². The second kappa shape index (κ2) is 10.8. The zero-order valence-corrected chi connectivity index (χ0v) is 20.4. The Morgan fingerprint density at radius 1 is 0.972 bits per heavy atom. The summed E-state index contributed by atoms with van der Waals surface area (Å²) in [6.07, 6.45) is 3.71. The number of nitrogens with one attached hydrogen (secondary N) is 1. The van der Waals surface area contributed by atoms with E-state index in [1.54, 1.807) is 31.4 Å². The number of methoxy groups -OCH3 is 1. The predicted octanol–water partition coefficient (Wildman–Crippen LogP) is 6.03. The van der Waals surface area contributed by atoms with Gasteiger partial charge in [0.15, 0.2) is 23.1 Å². The van der Waals surface area contributed by atoms with Crippen molar-refractivity contribution in [3.63, 3.8) is 0 Å². The highest BCUT2D eigenvalue weighted by Crippen LogP contribution is 2.36. The molecule has 0 spiro atoms. The molecule has 0 saturated carbocycles. The van der Waals surface area contributed by atoms with Gasteiger partial charge in [0.05, 0.1) is 19.2 Å². The average molecular weight is 489 g/mol. The van der Waals surface area contributed by atoms with E-state index in [9.17, 15) is 4.39 Å². The number of likely N-dealkylation sites (tertiary alicyclic amines) is 1. The van der Waals surface area contributed by atoms with Crippen molar-refractivity contribution in [3.05, 3.63) is 72.8 Å². The first kappa shape index (κ1) is 23.8. The third-order valence-electron chi connectivity index (χ3n) is 6.40. The molecule has 0 radical (unpaired) electrons. The number of hydrogen-bond acceptors (Lipinski definition) is 7.